The van der Waals surface area contributed by atoms with Gasteiger partial charge < -0.3 is 11.1 Å². The minimum absolute atomic E-state index is 0.459. The summed E-state index contributed by atoms with van der Waals surface area (Å²) < 4.78 is 0. The van der Waals surface area contributed by atoms with Gasteiger partial charge >= 0.3 is 0 Å². The van der Waals surface area contributed by atoms with Gasteiger partial charge in [0, 0.05) is 23.5 Å². The van der Waals surface area contributed by atoms with Crippen molar-refractivity contribution in [2.75, 3.05) is 11.9 Å². The van der Waals surface area contributed by atoms with Crippen LogP contribution >= 0.6 is 11.3 Å². The number of nitrogens with one attached hydrogen (secondary N) is 1. The van der Waals surface area contributed by atoms with E-state index < -0.39 is 0 Å². The van der Waals surface area contributed by atoms with Crippen LogP contribution in [0.3, 0.4) is 0 Å². The Labute approximate surface area is 142 Å². The van der Waals surface area contributed by atoms with E-state index in [1.165, 1.54) is 10.4 Å². The fourth-order valence-electron chi connectivity index (χ4n) is 2.40. The SMILES string of the molecule is CCC(C)c1ccc(NC(N)=NCCc2sc(C)nc2C)cc1. The molecule has 1 heterocycles. The summed E-state index contributed by atoms with van der Waals surface area (Å²) in [6.07, 6.45) is 2.03. The number of thiazole rings is 1. The van der Waals surface area contributed by atoms with E-state index in [1.807, 2.05) is 13.8 Å². The van der Waals surface area contributed by atoms with E-state index in [-0.39, 0.29) is 0 Å². The fourth-order valence-corrected chi connectivity index (χ4v) is 3.33. The van der Waals surface area contributed by atoms with Crippen molar-refractivity contribution in [2.45, 2.75) is 46.5 Å². The molecule has 0 amide bonds. The Bertz CT molecular complexity index is 658. The van der Waals surface area contributed by atoms with Crippen LogP contribution in [0.5, 0.6) is 0 Å². The summed E-state index contributed by atoms with van der Waals surface area (Å²) in [6, 6.07) is 8.40. The van der Waals surface area contributed by atoms with E-state index in [4.69, 9.17) is 5.73 Å². The molecule has 0 radical (unpaired) electrons. The van der Waals surface area contributed by atoms with Crippen LogP contribution in [0.25, 0.3) is 0 Å². The van der Waals surface area contributed by atoms with Crippen LogP contribution in [0.1, 0.15) is 47.3 Å². The molecule has 0 saturated carbocycles. The Kier molecular flexibility index (Phi) is 6.16. The highest BCUT2D eigenvalue weighted by atomic mass is 32.1. The lowest BCUT2D eigenvalue weighted by molar-refractivity contribution is 0.734. The van der Waals surface area contributed by atoms with Crippen molar-refractivity contribution in [3.63, 3.8) is 0 Å². The molecular weight excluding hydrogens is 304 g/mol. The second-order valence-corrected chi connectivity index (χ2v) is 7.10. The summed E-state index contributed by atoms with van der Waals surface area (Å²) in [5.41, 5.74) is 9.40. The standard InChI is InChI=1S/C18H26N4S/c1-5-12(2)15-6-8-16(9-7-15)22-18(19)20-11-10-17-13(3)21-14(4)23-17/h6-9,12H,5,10-11H2,1-4H3,(H3,19,20,22). The number of aromatic nitrogens is 1. The summed E-state index contributed by atoms with van der Waals surface area (Å²) in [4.78, 5) is 10.1. The second kappa shape index (κ2) is 8.11. The third-order valence-corrected chi connectivity index (χ3v) is 5.12. The Morgan fingerprint density at radius 3 is 2.57 bits per heavy atom. The lowest BCUT2D eigenvalue weighted by Crippen LogP contribution is -2.23. The molecule has 0 bridgehead atoms. The maximum Gasteiger partial charge on any atom is 0.193 e. The van der Waals surface area contributed by atoms with Gasteiger partial charge in [0.1, 0.15) is 0 Å². The largest absolute Gasteiger partial charge is 0.370 e. The first kappa shape index (κ1) is 17.5. The van der Waals surface area contributed by atoms with Crippen molar-refractivity contribution in [3.05, 3.63) is 45.4 Å². The fraction of sp³-hybridized carbons (Fsp3) is 0.444. The summed E-state index contributed by atoms with van der Waals surface area (Å²) in [5.74, 6) is 1.04. The third kappa shape index (κ3) is 5.06. The number of guanidine groups is 1. The van der Waals surface area contributed by atoms with E-state index in [2.05, 4.69) is 53.4 Å². The predicted molar refractivity (Wildman–Crippen MR) is 101 cm³/mol. The average Bonchev–Trinajstić information content (AvgIpc) is 2.85. The summed E-state index contributed by atoms with van der Waals surface area (Å²) in [6.45, 7) is 9.19. The van der Waals surface area contributed by atoms with Crippen molar-refractivity contribution >= 4 is 23.0 Å². The molecule has 1 aromatic heterocycles. The Hall–Kier alpha value is -1.88. The van der Waals surface area contributed by atoms with Crippen molar-refractivity contribution in [1.29, 1.82) is 0 Å². The van der Waals surface area contributed by atoms with Gasteiger partial charge in [-0.3, -0.25) is 4.99 Å². The maximum absolute atomic E-state index is 5.96. The molecule has 0 aliphatic heterocycles. The second-order valence-electron chi connectivity index (χ2n) is 5.81. The molecule has 4 nitrogen and oxygen atoms in total. The topological polar surface area (TPSA) is 63.3 Å². The molecule has 1 atom stereocenters. The molecule has 1 unspecified atom stereocenters. The van der Waals surface area contributed by atoms with Gasteiger partial charge in [-0.1, -0.05) is 26.0 Å². The molecule has 124 valence electrons. The van der Waals surface area contributed by atoms with Crippen molar-refractivity contribution in [1.82, 2.24) is 4.98 Å². The highest BCUT2D eigenvalue weighted by Gasteiger charge is 2.05. The molecule has 0 aliphatic carbocycles. The van der Waals surface area contributed by atoms with E-state index in [0.717, 1.165) is 29.2 Å². The highest BCUT2D eigenvalue weighted by molar-refractivity contribution is 7.11. The van der Waals surface area contributed by atoms with Crippen molar-refractivity contribution in [2.24, 2.45) is 10.7 Å². The van der Waals surface area contributed by atoms with Gasteiger partial charge in [-0.05, 0) is 43.9 Å². The Morgan fingerprint density at radius 1 is 1.30 bits per heavy atom. The number of nitrogens with two attached hydrogens (primary N) is 1. The van der Waals surface area contributed by atoms with Crippen LogP contribution < -0.4 is 11.1 Å². The Morgan fingerprint density at radius 2 is 2.00 bits per heavy atom. The molecule has 0 saturated heterocycles. The molecule has 0 fully saturated rings. The third-order valence-electron chi connectivity index (χ3n) is 3.99. The van der Waals surface area contributed by atoms with Gasteiger partial charge in [0.15, 0.2) is 5.96 Å². The quantitative estimate of drug-likeness (QED) is 0.615. The normalized spacial score (nSPS) is 13.1. The van der Waals surface area contributed by atoms with Crippen molar-refractivity contribution < 1.29 is 0 Å². The number of aryl methyl sites for hydroxylation is 2. The molecule has 23 heavy (non-hydrogen) atoms. The van der Waals surface area contributed by atoms with Crippen LogP contribution in [-0.4, -0.2) is 17.5 Å². The summed E-state index contributed by atoms with van der Waals surface area (Å²) in [5, 5.41) is 4.25. The minimum Gasteiger partial charge on any atom is -0.370 e. The number of benzene rings is 1. The van der Waals surface area contributed by atoms with E-state index in [1.54, 1.807) is 11.3 Å². The molecule has 1 aromatic carbocycles. The monoisotopic (exact) mass is 330 g/mol. The predicted octanol–water partition coefficient (Wildman–Crippen LogP) is 4.24. The molecule has 5 heteroatoms. The number of hydrogen-bond donors (Lipinski definition) is 2. The molecule has 0 aliphatic rings. The van der Waals surface area contributed by atoms with Gasteiger partial charge in [0.05, 0.1) is 10.7 Å². The maximum atomic E-state index is 5.96. The zero-order valence-electron chi connectivity index (χ0n) is 14.4. The van der Waals surface area contributed by atoms with Gasteiger partial charge in [0.25, 0.3) is 0 Å². The smallest absolute Gasteiger partial charge is 0.193 e. The van der Waals surface area contributed by atoms with Gasteiger partial charge in [-0.2, -0.15) is 0 Å². The number of aliphatic imine (C=N–C) groups is 1. The van der Waals surface area contributed by atoms with Gasteiger partial charge in [0.2, 0.25) is 0 Å². The number of hydrogen-bond acceptors (Lipinski definition) is 3. The van der Waals surface area contributed by atoms with Crippen LogP contribution in [-0.2, 0) is 6.42 Å². The number of rotatable bonds is 6. The van der Waals surface area contributed by atoms with Crippen LogP contribution in [0.2, 0.25) is 0 Å². The first-order chi connectivity index (χ1) is 11.0. The van der Waals surface area contributed by atoms with Gasteiger partial charge in [-0.25, -0.2) is 4.98 Å². The lowest BCUT2D eigenvalue weighted by Gasteiger charge is -2.10. The average molecular weight is 331 g/mol. The zero-order valence-corrected chi connectivity index (χ0v) is 15.2. The van der Waals surface area contributed by atoms with Crippen LogP contribution in [0, 0.1) is 13.8 Å². The summed E-state index contributed by atoms with van der Waals surface area (Å²) in [7, 11) is 0. The van der Waals surface area contributed by atoms with E-state index >= 15 is 0 Å². The Balaban J connectivity index is 1.88. The van der Waals surface area contributed by atoms with Crippen molar-refractivity contribution in [3.8, 4) is 0 Å². The van der Waals surface area contributed by atoms with Crippen LogP contribution in [0.15, 0.2) is 29.3 Å². The highest BCUT2D eigenvalue weighted by Crippen LogP contribution is 2.20. The number of anilines is 1. The molecule has 0 spiro atoms. The molecule has 2 rings (SSSR count). The summed E-state index contributed by atoms with van der Waals surface area (Å²) >= 11 is 1.73. The van der Waals surface area contributed by atoms with E-state index in [0.29, 0.717) is 18.4 Å². The molecule has 2 aromatic rings. The molecule has 3 N–H and O–H groups in total. The zero-order chi connectivity index (χ0) is 16.8. The lowest BCUT2D eigenvalue weighted by atomic mass is 9.99. The minimum atomic E-state index is 0.459. The molecular formula is C18H26N4S. The van der Waals surface area contributed by atoms with E-state index in [9.17, 15) is 0 Å². The first-order valence-electron chi connectivity index (χ1n) is 8.09. The van der Waals surface area contributed by atoms with Crippen LogP contribution in [0.4, 0.5) is 5.69 Å². The first-order valence-corrected chi connectivity index (χ1v) is 8.91. The van der Waals surface area contributed by atoms with Gasteiger partial charge in [-0.15, -0.1) is 11.3 Å². The number of nitrogens with zero attached hydrogens (tertiary/aromatic N) is 2.